The van der Waals surface area contributed by atoms with Gasteiger partial charge in [-0.25, -0.2) is 13.2 Å². The number of hydrogen-bond donors (Lipinski definition) is 1. The summed E-state index contributed by atoms with van der Waals surface area (Å²) < 4.78 is 47.1. The van der Waals surface area contributed by atoms with Gasteiger partial charge in [-0.3, -0.25) is 4.79 Å². The Bertz CT molecular complexity index is 1160. The van der Waals surface area contributed by atoms with Gasteiger partial charge in [-0.1, -0.05) is 36.4 Å². The Morgan fingerprint density at radius 1 is 0.833 bits per heavy atom. The average Bonchev–Trinajstić information content (AvgIpc) is 3.23. The van der Waals surface area contributed by atoms with Crippen molar-refractivity contribution in [1.29, 1.82) is 0 Å². The van der Waals surface area contributed by atoms with Crippen LogP contribution in [0.1, 0.15) is 27.9 Å². The molecule has 3 aromatic carbocycles. The van der Waals surface area contributed by atoms with Crippen LogP contribution in [0.2, 0.25) is 0 Å². The molecule has 150 valence electrons. The summed E-state index contributed by atoms with van der Waals surface area (Å²) in [5.41, 5.74) is 0.303. The minimum atomic E-state index is -1.05. The maximum Gasteiger partial charge on any atom is 0.258 e. The smallest absolute Gasteiger partial charge is 0.258 e. The topological polar surface area (TPSA) is 68.0 Å². The molecule has 0 spiro atoms. The van der Waals surface area contributed by atoms with E-state index in [1.807, 2.05) is 6.07 Å². The van der Waals surface area contributed by atoms with Crippen LogP contribution >= 0.6 is 0 Å². The first-order valence-corrected chi connectivity index (χ1v) is 8.92. The van der Waals surface area contributed by atoms with E-state index < -0.39 is 35.0 Å². The third kappa shape index (κ3) is 3.93. The van der Waals surface area contributed by atoms with Crippen LogP contribution in [0.5, 0.6) is 0 Å². The van der Waals surface area contributed by atoms with Crippen LogP contribution in [0, 0.1) is 17.5 Å². The van der Waals surface area contributed by atoms with Gasteiger partial charge < -0.3 is 9.73 Å². The molecule has 0 aliphatic heterocycles. The van der Waals surface area contributed by atoms with Gasteiger partial charge in [0.1, 0.15) is 29.1 Å². The summed E-state index contributed by atoms with van der Waals surface area (Å²) in [6.07, 6.45) is 0. The zero-order chi connectivity index (χ0) is 21.1. The molecule has 1 N–H and O–H groups in total. The molecule has 5 nitrogen and oxygen atoms in total. The minimum Gasteiger partial charge on any atom is -0.418 e. The van der Waals surface area contributed by atoms with E-state index >= 15 is 0 Å². The summed E-state index contributed by atoms with van der Waals surface area (Å²) in [4.78, 5) is 12.6. The van der Waals surface area contributed by atoms with E-state index in [0.717, 1.165) is 18.2 Å². The van der Waals surface area contributed by atoms with Gasteiger partial charge in [0.15, 0.2) is 0 Å². The van der Waals surface area contributed by atoms with Crippen LogP contribution in [0.25, 0.3) is 11.5 Å². The maximum atomic E-state index is 14.0. The molecular formula is C22H14F3N3O2. The molecule has 1 amide bonds. The number of carbonyl (C=O) groups is 1. The third-order valence-corrected chi connectivity index (χ3v) is 4.38. The predicted octanol–water partition coefficient (Wildman–Crippen LogP) is 4.67. The molecule has 0 unspecified atom stereocenters. The van der Waals surface area contributed by atoms with E-state index in [1.54, 1.807) is 24.3 Å². The number of nitrogens with zero attached hydrogens (tertiary/aromatic N) is 2. The number of benzene rings is 3. The molecule has 0 radical (unpaired) electrons. The fourth-order valence-electron chi connectivity index (χ4n) is 2.91. The van der Waals surface area contributed by atoms with Gasteiger partial charge >= 0.3 is 0 Å². The lowest BCUT2D eigenvalue weighted by Gasteiger charge is -2.16. The number of carbonyl (C=O) groups excluding carboxylic acids is 1. The highest BCUT2D eigenvalue weighted by atomic mass is 19.1. The molecule has 0 bridgehead atoms. The van der Waals surface area contributed by atoms with E-state index in [9.17, 15) is 18.0 Å². The summed E-state index contributed by atoms with van der Waals surface area (Å²) in [7, 11) is 0. The summed E-state index contributed by atoms with van der Waals surface area (Å²) in [5, 5.41) is 10.4. The van der Waals surface area contributed by atoms with Crippen molar-refractivity contribution in [2.45, 2.75) is 6.04 Å². The Balaban J connectivity index is 1.71. The Morgan fingerprint density at radius 2 is 1.50 bits per heavy atom. The zero-order valence-electron chi connectivity index (χ0n) is 15.4. The molecular weight excluding hydrogens is 395 g/mol. The van der Waals surface area contributed by atoms with Gasteiger partial charge in [-0.2, -0.15) is 0 Å². The second kappa shape index (κ2) is 8.20. The van der Waals surface area contributed by atoms with Crippen molar-refractivity contribution in [3.8, 4) is 11.5 Å². The average molecular weight is 409 g/mol. The first-order valence-electron chi connectivity index (χ1n) is 8.92. The van der Waals surface area contributed by atoms with Crippen molar-refractivity contribution in [3.63, 3.8) is 0 Å². The van der Waals surface area contributed by atoms with Crippen molar-refractivity contribution >= 4 is 5.91 Å². The van der Waals surface area contributed by atoms with Crippen molar-refractivity contribution in [3.05, 3.63) is 107 Å². The second-order valence-electron chi connectivity index (χ2n) is 6.37. The fraction of sp³-hybridized carbons (Fsp3) is 0.0455. The molecule has 8 heteroatoms. The first kappa shape index (κ1) is 19.4. The minimum absolute atomic E-state index is 0.0226. The maximum absolute atomic E-state index is 14.0. The molecule has 1 heterocycles. The number of hydrogen-bond acceptors (Lipinski definition) is 4. The van der Waals surface area contributed by atoms with E-state index in [1.165, 1.54) is 24.3 Å². The van der Waals surface area contributed by atoms with Gasteiger partial charge in [0.05, 0.1) is 0 Å². The van der Waals surface area contributed by atoms with E-state index in [2.05, 4.69) is 15.5 Å². The molecule has 0 saturated heterocycles. The summed E-state index contributed by atoms with van der Waals surface area (Å²) in [6.45, 7) is 0. The highest BCUT2D eigenvalue weighted by Gasteiger charge is 2.26. The summed E-state index contributed by atoms with van der Waals surface area (Å²) in [6, 6.07) is 16.2. The van der Waals surface area contributed by atoms with Gasteiger partial charge in [-0.05, 0) is 42.0 Å². The van der Waals surface area contributed by atoms with E-state index in [4.69, 9.17) is 4.42 Å². The van der Waals surface area contributed by atoms with Crippen molar-refractivity contribution in [2.75, 3.05) is 0 Å². The zero-order valence-corrected chi connectivity index (χ0v) is 15.4. The SMILES string of the molecule is O=C(N[C@H](c1ccc(F)cc1)c1nnc(-c2ccccc2)o1)c1c(F)cccc1F. The Kier molecular flexibility index (Phi) is 5.30. The Hall–Kier alpha value is -3.94. The lowest BCUT2D eigenvalue weighted by molar-refractivity contribution is 0.0929. The van der Waals surface area contributed by atoms with Crippen molar-refractivity contribution in [2.24, 2.45) is 0 Å². The second-order valence-corrected chi connectivity index (χ2v) is 6.37. The number of rotatable bonds is 5. The molecule has 1 atom stereocenters. The monoisotopic (exact) mass is 409 g/mol. The van der Waals surface area contributed by atoms with Crippen LogP contribution in [0.3, 0.4) is 0 Å². The van der Waals surface area contributed by atoms with Crippen LogP contribution in [0.4, 0.5) is 13.2 Å². The lowest BCUT2D eigenvalue weighted by Crippen LogP contribution is -2.31. The summed E-state index contributed by atoms with van der Waals surface area (Å²) in [5.74, 6) is -3.35. The number of amides is 1. The molecule has 4 rings (SSSR count). The Labute approximate surface area is 169 Å². The molecule has 0 aliphatic carbocycles. The number of halogens is 3. The van der Waals surface area contributed by atoms with Crippen molar-refractivity contribution < 1.29 is 22.4 Å². The third-order valence-electron chi connectivity index (χ3n) is 4.38. The normalized spacial score (nSPS) is 11.8. The van der Waals surface area contributed by atoms with Crippen LogP contribution < -0.4 is 5.32 Å². The quantitative estimate of drug-likeness (QED) is 0.520. The van der Waals surface area contributed by atoms with Crippen LogP contribution in [0.15, 0.2) is 77.2 Å². The standard InChI is InChI=1S/C22H14F3N3O2/c23-15-11-9-13(10-12-15)19(26-20(29)18-16(24)7-4-8-17(18)25)22-28-27-21(30-22)14-5-2-1-3-6-14/h1-12,19H,(H,26,29)/t19-/m1/s1. The number of nitrogens with one attached hydrogen (secondary N) is 1. The van der Waals surface area contributed by atoms with Gasteiger partial charge in [0, 0.05) is 5.56 Å². The molecule has 0 fully saturated rings. The van der Waals surface area contributed by atoms with Gasteiger partial charge in [0.2, 0.25) is 11.8 Å². The summed E-state index contributed by atoms with van der Waals surface area (Å²) >= 11 is 0. The molecule has 30 heavy (non-hydrogen) atoms. The van der Waals surface area contributed by atoms with Crippen LogP contribution in [-0.4, -0.2) is 16.1 Å². The molecule has 0 aliphatic rings. The van der Waals surface area contributed by atoms with E-state index in [0.29, 0.717) is 11.1 Å². The first-order chi connectivity index (χ1) is 14.5. The van der Waals surface area contributed by atoms with Gasteiger partial charge in [0.25, 0.3) is 5.91 Å². The molecule has 4 aromatic rings. The van der Waals surface area contributed by atoms with Gasteiger partial charge in [-0.15, -0.1) is 10.2 Å². The highest BCUT2D eigenvalue weighted by molar-refractivity contribution is 5.95. The predicted molar refractivity (Wildman–Crippen MR) is 102 cm³/mol. The van der Waals surface area contributed by atoms with Crippen LogP contribution in [-0.2, 0) is 0 Å². The van der Waals surface area contributed by atoms with E-state index in [-0.39, 0.29) is 11.8 Å². The van der Waals surface area contributed by atoms with Crippen molar-refractivity contribution in [1.82, 2.24) is 15.5 Å². The fourth-order valence-corrected chi connectivity index (χ4v) is 2.91. The lowest BCUT2D eigenvalue weighted by atomic mass is 10.1. The molecule has 0 saturated carbocycles. The highest BCUT2D eigenvalue weighted by Crippen LogP contribution is 2.26. The molecule has 1 aromatic heterocycles. The number of aromatic nitrogens is 2. The largest absolute Gasteiger partial charge is 0.418 e. The Morgan fingerprint density at radius 3 is 2.17 bits per heavy atom.